The summed E-state index contributed by atoms with van der Waals surface area (Å²) >= 11 is 18.5. The van der Waals surface area contributed by atoms with Crippen LogP contribution in [0.15, 0.2) is 48.5 Å². The molecule has 3 rings (SSSR count). The number of nitrogens with one attached hydrogen (secondary N) is 1. The molecule has 0 spiro atoms. The van der Waals surface area contributed by atoms with Gasteiger partial charge in [0.2, 0.25) is 11.8 Å². The first-order valence-corrected chi connectivity index (χ1v) is 12.3. The molecule has 0 aromatic heterocycles. The summed E-state index contributed by atoms with van der Waals surface area (Å²) in [6, 6.07) is 13.9. The smallest absolute Gasteiger partial charge is 0.247 e. The Labute approximate surface area is 205 Å². The fraction of sp³-hybridized carbons (Fsp3) is 0.440. The maximum atomic E-state index is 13.6. The van der Waals surface area contributed by atoms with Gasteiger partial charge in [-0.3, -0.25) is 9.59 Å². The van der Waals surface area contributed by atoms with Gasteiger partial charge in [-0.05, 0) is 48.9 Å². The highest BCUT2D eigenvalue weighted by Gasteiger charge is 2.34. The van der Waals surface area contributed by atoms with Crippen LogP contribution in [0.2, 0.25) is 10.0 Å². The summed E-state index contributed by atoms with van der Waals surface area (Å²) < 4.78 is 0. The van der Waals surface area contributed by atoms with Gasteiger partial charge in [-0.25, -0.2) is 0 Å². The molecule has 3 atom stereocenters. The summed E-state index contributed by atoms with van der Waals surface area (Å²) in [7, 11) is 0. The molecule has 1 aliphatic carbocycles. The lowest BCUT2D eigenvalue weighted by molar-refractivity contribution is -0.139. The van der Waals surface area contributed by atoms with Crippen LogP contribution in [0.5, 0.6) is 0 Å². The number of carbonyl (C=O) groups excluding carboxylic acids is 2. The van der Waals surface area contributed by atoms with E-state index in [0.717, 1.165) is 24.8 Å². The second-order valence-corrected chi connectivity index (χ2v) is 9.51. The number of alkyl halides is 1. The van der Waals surface area contributed by atoms with Gasteiger partial charge in [0.05, 0.1) is 0 Å². The van der Waals surface area contributed by atoms with Gasteiger partial charge in [0.25, 0.3) is 0 Å². The highest BCUT2D eigenvalue weighted by Crippen LogP contribution is 2.30. The zero-order valence-corrected chi connectivity index (χ0v) is 20.5. The van der Waals surface area contributed by atoms with Crippen molar-refractivity contribution in [1.82, 2.24) is 10.2 Å². The van der Waals surface area contributed by atoms with Gasteiger partial charge >= 0.3 is 0 Å². The Balaban J connectivity index is 1.90. The fourth-order valence-electron chi connectivity index (χ4n) is 4.32. The Morgan fingerprint density at radius 2 is 1.75 bits per heavy atom. The molecule has 2 aromatic carbocycles. The standard InChI is InChI=1S/C25H29Cl3N2O2/c1-17-6-2-5-9-22(17)29-25(32)24(20-7-3-4-8-21(20)28)30(23(31)16-26)15-14-18-10-12-19(27)13-11-18/h3-4,7-8,10-13,17,22,24H,2,5-6,9,14-16H2,1H3,(H,29,32)/t17-,22-,24+/m1/s1. The minimum Gasteiger partial charge on any atom is -0.351 e. The second-order valence-electron chi connectivity index (χ2n) is 8.40. The molecular weight excluding hydrogens is 467 g/mol. The number of rotatable bonds is 8. The van der Waals surface area contributed by atoms with Crippen LogP contribution in [0.3, 0.4) is 0 Å². The quantitative estimate of drug-likeness (QED) is 0.454. The molecule has 4 nitrogen and oxygen atoms in total. The second kappa shape index (κ2) is 11.9. The molecule has 172 valence electrons. The minimum atomic E-state index is -0.851. The lowest BCUT2D eigenvalue weighted by Crippen LogP contribution is -2.49. The third-order valence-corrected chi connectivity index (χ3v) is 7.01. The average Bonchev–Trinajstić information content (AvgIpc) is 2.79. The lowest BCUT2D eigenvalue weighted by atomic mass is 9.85. The van der Waals surface area contributed by atoms with E-state index in [-0.39, 0.29) is 23.7 Å². The molecule has 0 heterocycles. The molecular formula is C25H29Cl3N2O2. The van der Waals surface area contributed by atoms with Gasteiger partial charge in [-0.2, -0.15) is 0 Å². The summed E-state index contributed by atoms with van der Waals surface area (Å²) in [5.74, 6) is -0.344. The molecule has 2 amide bonds. The van der Waals surface area contributed by atoms with Crippen molar-refractivity contribution in [1.29, 1.82) is 0 Å². The Morgan fingerprint density at radius 1 is 1.06 bits per heavy atom. The maximum absolute atomic E-state index is 13.6. The molecule has 7 heteroatoms. The van der Waals surface area contributed by atoms with E-state index in [2.05, 4.69) is 12.2 Å². The van der Waals surface area contributed by atoms with E-state index in [0.29, 0.717) is 34.5 Å². The average molecular weight is 496 g/mol. The fourth-order valence-corrected chi connectivity index (χ4v) is 4.83. The number of hydrogen-bond donors (Lipinski definition) is 1. The van der Waals surface area contributed by atoms with Crippen LogP contribution in [0.25, 0.3) is 0 Å². The Hall–Kier alpha value is -1.75. The third-order valence-electron chi connectivity index (χ3n) is 6.19. The molecule has 0 saturated heterocycles. The molecule has 32 heavy (non-hydrogen) atoms. The van der Waals surface area contributed by atoms with E-state index in [9.17, 15) is 9.59 Å². The largest absolute Gasteiger partial charge is 0.351 e. The monoisotopic (exact) mass is 494 g/mol. The van der Waals surface area contributed by atoms with Crippen molar-refractivity contribution >= 4 is 46.6 Å². The van der Waals surface area contributed by atoms with Crippen LogP contribution in [0.4, 0.5) is 0 Å². The van der Waals surface area contributed by atoms with E-state index in [1.807, 2.05) is 36.4 Å². The lowest BCUT2D eigenvalue weighted by Gasteiger charge is -2.35. The number of benzene rings is 2. The van der Waals surface area contributed by atoms with Crippen molar-refractivity contribution in [2.75, 3.05) is 12.4 Å². The van der Waals surface area contributed by atoms with E-state index < -0.39 is 6.04 Å². The molecule has 1 aliphatic rings. The number of hydrogen-bond acceptors (Lipinski definition) is 2. The SMILES string of the molecule is C[C@@H]1CCCC[C@H]1NC(=O)[C@H](c1ccccc1Cl)N(CCc1ccc(Cl)cc1)C(=O)CCl. The van der Waals surface area contributed by atoms with Gasteiger partial charge in [0.15, 0.2) is 0 Å². The van der Waals surface area contributed by atoms with E-state index in [1.54, 1.807) is 17.0 Å². The molecule has 1 N–H and O–H groups in total. The zero-order chi connectivity index (χ0) is 23.1. The van der Waals surface area contributed by atoms with Crippen molar-refractivity contribution in [3.05, 3.63) is 69.7 Å². The molecule has 1 saturated carbocycles. The van der Waals surface area contributed by atoms with Gasteiger partial charge in [0, 0.05) is 28.2 Å². The van der Waals surface area contributed by atoms with Crippen LogP contribution in [-0.4, -0.2) is 35.2 Å². The first-order chi connectivity index (χ1) is 15.4. The molecule has 0 bridgehead atoms. The summed E-state index contributed by atoms with van der Waals surface area (Å²) in [6.07, 6.45) is 4.86. The van der Waals surface area contributed by atoms with E-state index in [4.69, 9.17) is 34.8 Å². The van der Waals surface area contributed by atoms with Gasteiger partial charge < -0.3 is 10.2 Å². The highest BCUT2D eigenvalue weighted by atomic mass is 35.5. The maximum Gasteiger partial charge on any atom is 0.247 e. The first kappa shape index (κ1) is 24.9. The molecule has 1 fully saturated rings. The van der Waals surface area contributed by atoms with Crippen molar-refractivity contribution in [3.8, 4) is 0 Å². The van der Waals surface area contributed by atoms with Gasteiger partial charge in [0.1, 0.15) is 11.9 Å². The predicted octanol–water partition coefficient (Wildman–Crippen LogP) is 6.04. The Kier molecular flexibility index (Phi) is 9.27. The molecule has 0 unspecified atom stereocenters. The van der Waals surface area contributed by atoms with Crippen molar-refractivity contribution in [2.24, 2.45) is 5.92 Å². The molecule has 2 aromatic rings. The normalized spacial score (nSPS) is 19.2. The summed E-state index contributed by atoms with van der Waals surface area (Å²) in [4.78, 5) is 28.1. The van der Waals surface area contributed by atoms with Crippen LogP contribution in [-0.2, 0) is 16.0 Å². The van der Waals surface area contributed by atoms with Gasteiger partial charge in [-0.15, -0.1) is 11.6 Å². The van der Waals surface area contributed by atoms with Crippen molar-refractivity contribution in [3.63, 3.8) is 0 Å². The summed E-state index contributed by atoms with van der Waals surface area (Å²) in [6.45, 7) is 2.49. The summed E-state index contributed by atoms with van der Waals surface area (Å²) in [5, 5.41) is 4.31. The predicted molar refractivity (Wildman–Crippen MR) is 131 cm³/mol. The topological polar surface area (TPSA) is 49.4 Å². The first-order valence-electron chi connectivity index (χ1n) is 11.1. The zero-order valence-electron chi connectivity index (χ0n) is 18.2. The minimum absolute atomic E-state index is 0.0884. The van der Waals surface area contributed by atoms with Crippen LogP contribution in [0.1, 0.15) is 49.8 Å². The Morgan fingerprint density at radius 3 is 2.41 bits per heavy atom. The number of nitrogens with zero attached hydrogens (tertiary/aromatic N) is 1. The highest BCUT2D eigenvalue weighted by molar-refractivity contribution is 6.32. The van der Waals surface area contributed by atoms with Crippen LogP contribution < -0.4 is 5.32 Å². The summed E-state index contributed by atoms with van der Waals surface area (Å²) in [5.41, 5.74) is 1.62. The number of amides is 2. The van der Waals surface area contributed by atoms with E-state index >= 15 is 0 Å². The third kappa shape index (κ3) is 6.40. The van der Waals surface area contributed by atoms with Gasteiger partial charge in [-0.1, -0.05) is 73.3 Å². The van der Waals surface area contributed by atoms with Crippen molar-refractivity contribution in [2.45, 2.75) is 51.1 Å². The van der Waals surface area contributed by atoms with E-state index in [1.165, 1.54) is 6.42 Å². The van der Waals surface area contributed by atoms with Crippen LogP contribution in [0, 0.1) is 5.92 Å². The molecule has 0 radical (unpaired) electrons. The van der Waals surface area contributed by atoms with Crippen molar-refractivity contribution < 1.29 is 9.59 Å². The number of halogens is 3. The Bertz CT molecular complexity index is 920. The molecule has 0 aliphatic heterocycles. The number of carbonyl (C=O) groups is 2. The van der Waals surface area contributed by atoms with Crippen LogP contribution >= 0.6 is 34.8 Å².